The van der Waals surface area contributed by atoms with E-state index in [0.717, 1.165) is 0 Å². The zero-order chi connectivity index (χ0) is 13.5. The molecule has 1 unspecified atom stereocenters. The molecule has 5 heteroatoms. The zero-order valence-corrected chi connectivity index (χ0v) is 12.9. The van der Waals surface area contributed by atoms with Crippen molar-refractivity contribution >= 4 is 53.5 Å². The predicted molar refractivity (Wildman–Crippen MR) is 90.7 cm³/mol. The highest BCUT2D eigenvalue weighted by atomic mass is 32.1. The molecular weight excluding hydrogens is 304 g/mol. The molecular formula is C15H12N2S3. The number of hydrazine groups is 1. The molecule has 0 aliphatic rings. The molecule has 4 aromatic rings. The summed E-state index contributed by atoms with van der Waals surface area (Å²) < 4.78 is 3.99. The number of fused-ring (bicyclic) bond motifs is 2. The van der Waals surface area contributed by atoms with Crippen LogP contribution in [0.15, 0.2) is 47.2 Å². The van der Waals surface area contributed by atoms with Crippen molar-refractivity contribution < 1.29 is 0 Å². The van der Waals surface area contributed by atoms with Gasteiger partial charge in [-0.25, -0.2) is 5.43 Å². The third-order valence-electron chi connectivity index (χ3n) is 3.43. The average Bonchev–Trinajstić information content (AvgIpc) is 3.14. The molecule has 3 aromatic heterocycles. The monoisotopic (exact) mass is 316 g/mol. The normalized spacial score (nSPS) is 13.2. The summed E-state index contributed by atoms with van der Waals surface area (Å²) in [6.07, 6.45) is 0. The van der Waals surface area contributed by atoms with E-state index in [2.05, 4.69) is 52.6 Å². The van der Waals surface area contributed by atoms with Gasteiger partial charge in [0, 0.05) is 19.0 Å². The lowest BCUT2D eigenvalue weighted by molar-refractivity contribution is 0.651. The van der Waals surface area contributed by atoms with Crippen molar-refractivity contribution in [3.05, 3.63) is 57.6 Å². The number of nitrogens with one attached hydrogen (secondary N) is 1. The molecule has 100 valence electrons. The van der Waals surface area contributed by atoms with E-state index in [1.807, 2.05) is 11.3 Å². The molecule has 0 spiro atoms. The van der Waals surface area contributed by atoms with Crippen molar-refractivity contribution in [3.8, 4) is 0 Å². The van der Waals surface area contributed by atoms with Crippen LogP contribution in [0.25, 0.3) is 19.5 Å². The Labute approximate surface area is 128 Å². The minimum absolute atomic E-state index is 0.0574. The fraction of sp³-hybridized carbons (Fsp3) is 0.0667. The Balaban J connectivity index is 1.89. The van der Waals surface area contributed by atoms with E-state index in [-0.39, 0.29) is 6.04 Å². The van der Waals surface area contributed by atoms with Crippen molar-refractivity contribution in [2.45, 2.75) is 6.04 Å². The molecule has 0 aliphatic heterocycles. The van der Waals surface area contributed by atoms with Gasteiger partial charge in [-0.05, 0) is 39.9 Å². The second kappa shape index (κ2) is 4.95. The van der Waals surface area contributed by atoms with Crippen LogP contribution in [0.4, 0.5) is 0 Å². The summed E-state index contributed by atoms with van der Waals surface area (Å²) >= 11 is 5.37. The van der Waals surface area contributed by atoms with E-state index in [9.17, 15) is 0 Å². The van der Waals surface area contributed by atoms with Crippen LogP contribution in [0.3, 0.4) is 0 Å². The topological polar surface area (TPSA) is 38.0 Å². The van der Waals surface area contributed by atoms with Crippen LogP contribution < -0.4 is 11.3 Å². The first kappa shape index (κ1) is 12.5. The second-order valence-corrected chi connectivity index (χ2v) is 7.56. The van der Waals surface area contributed by atoms with Crippen LogP contribution in [-0.2, 0) is 0 Å². The third-order valence-corrected chi connectivity index (χ3v) is 6.57. The first-order valence-corrected chi connectivity index (χ1v) is 8.83. The fourth-order valence-corrected chi connectivity index (χ4v) is 5.64. The van der Waals surface area contributed by atoms with Crippen molar-refractivity contribution in [1.82, 2.24) is 5.43 Å². The smallest absolute Gasteiger partial charge is 0.0817 e. The molecule has 0 saturated heterocycles. The lowest BCUT2D eigenvalue weighted by Crippen LogP contribution is -2.28. The summed E-state index contributed by atoms with van der Waals surface area (Å²) in [7, 11) is 0. The predicted octanol–water partition coefficient (Wildman–Crippen LogP) is 4.73. The molecule has 1 atom stereocenters. The number of hydrogen-bond acceptors (Lipinski definition) is 5. The Morgan fingerprint density at radius 2 is 1.90 bits per heavy atom. The van der Waals surface area contributed by atoms with Crippen LogP contribution in [0.2, 0.25) is 0 Å². The number of rotatable bonds is 3. The van der Waals surface area contributed by atoms with Crippen molar-refractivity contribution in [2.24, 2.45) is 5.84 Å². The molecule has 0 radical (unpaired) electrons. The first-order valence-electron chi connectivity index (χ1n) is 6.26. The molecule has 0 aliphatic carbocycles. The Hall–Kier alpha value is -1.24. The molecule has 2 nitrogen and oxygen atoms in total. The largest absolute Gasteiger partial charge is 0.271 e. The van der Waals surface area contributed by atoms with Gasteiger partial charge in [-0.3, -0.25) is 5.84 Å². The SMILES string of the molecule is NNC(c1cc2sccc2s1)c1cccc2ccsc12. The standard InChI is InChI=1S/C15H12N2S3/c16-17-14(13-8-12-11(20-13)5-7-18-12)10-3-1-2-9-4-6-19-15(9)10/h1-8,14,17H,16H2. The van der Waals surface area contributed by atoms with E-state index >= 15 is 0 Å². The molecule has 20 heavy (non-hydrogen) atoms. The summed E-state index contributed by atoms with van der Waals surface area (Å²) in [5.41, 5.74) is 4.25. The highest BCUT2D eigenvalue weighted by Crippen LogP contribution is 2.38. The number of nitrogens with two attached hydrogens (primary N) is 1. The minimum Gasteiger partial charge on any atom is -0.271 e. The van der Waals surface area contributed by atoms with E-state index < -0.39 is 0 Å². The lowest BCUT2D eigenvalue weighted by atomic mass is 10.0. The molecule has 0 fully saturated rings. The number of benzene rings is 1. The summed E-state index contributed by atoms with van der Waals surface area (Å²) in [5, 5.41) is 5.55. The van der Waals surface area contributed by atoms with Crippen LogP contribution in [0.5, 0.6) is 0 Å². The highest BCUT2D eigenvalue weighted by molar-refractivity contribution is 7.27. The molecule has 3 N–H and O–H groups in total. The number of thiophene rings is 3. The summed E-state index contributed by atoms with van der Waals surface area (Å²) in [6.45, 7) is 0. The maximum absolute atomic E-state index is 5.85. The van der Waals surface area contributed by atoms with Gasteiger partial charge < -0.3 is 0 Å². The average molecular weight is 316 g/mol. The van der Waals surface area contributed by atoms with E-state index in [1.54, 1.807) is 22.7 Å². The van der Waals surface area contributed by atoms with Crippen LogP contribution in [0.1, 0.15) is 16.5 Å². The highest BCUT2D eigenvalue weighted by Gasteiger charge is 2.18. The van der Waals surface area contributed by atoms with Gasteiger partial charge in [-0.1, -0.05) is 18.2 Å². The summed E-state index contributed by atoms with van der Waals surface area (Å²) in [5.74, 6) is 5.85. The molecule has 1 aromatic carbocycles. The minimum atomic E-state index is 0.0574. The van der Waals surface area contributed by atoms with Gasteiger partial charge in [0.25, 0.3) is 0 Å². The van der Waals surface area contributed by atoms with Gasteiger partial charge in [0.15, 0.2) is 0 Å². The molecule has 0 saturated carbocycles. The van der Waals surface area contributed by atoms with Gasteiger partial charge >= 0.3 is 0 Å². The maximum atomic E-state index is 5.85. The van der Waals surface area contributed by atoms with E-state index in [1.165, 1.54) is 29.9 Å². The Morgan fingerprint density at radius 3 is 2.75 bits per heavy atom. The fourth-order valence-electron chi connectivity index (χ4n) is 2.50. The van der Waals surface area contributed by atoms with E-state index in [0.29, 0.717) is 0 Å². The first-order chi connectivity index (χ1) is 9.86. The maximum Gasteiger partial charge on any atom is 0.0817 e. The van der Waals surface area contributed by atoms with Crippen LogP contribution in [-0.4, -0.2) is 0 Å². The second-order valence-electron chi connectivity index (χ2n) is 4.58. The summed E-state index contributed by atoms with van der Waals surface area (Å²) in [4.78, 5) is 1.27. The Morgan fingerprint density at radius 1 is 1.00 bits per heavy atom. The van der Waals surface area contributed by atoms with Crippen LogP contribution in [0, 0.1) is 0 Å². The molecule has 0 bridgehead atoms. The molecule has 3 heterocycles. The van der Waals surface area contributed by atoms with Gasteiger partial charge in [-0.15, -0.1) is 34.0 Å². The van der Waals surface area contributed by atoms with Crippen molar-refractivity contribution in [3.63, 3.8) is 0 Å². The summed E-state index contributed by atoms with van der Waals surface area (Å²) in [6, 6.07) is 13.1. The van der Waals surface area contributed by atoms with Gasteiger partial charge in [0.2, 0.25) is 0 Å². The molecule has 4 rings (SSSR count). The Kier molecular flexibility index (Phi) is 3.09. The Bertz CT molecular complexity index is 843. The van der Waals surface area contributed by atoms with Crippen molar-refractivity contribution in [1.29, 1.82) is 0 Å². The lowest BCUT2D eigenvalue weighted by Gasteiger charge is -2.15. The quantitative estimate of drug-likeness (QED) is 0.423. The van der Waals surface area contributed by atoms with Crippen LogP contribution >= 0.6 is 34.0 Å². The van der Waals surface area contributed by atoms with Gasteiger partial charge in [-0.2, -0.15) is 0 Å². The van der Waals surface area contributed by atoms with Gasteiger partial charge in [0.05, 0.1) is 6.04 Å². The van der Waals surface area contributed by atoms with Gasteiger partial charge in [0.1, 0.15) is 0 Å². The zero-order valence-electron chi connectivity index (χ0n) is 10.5. The molecule has 0 amide bonds. The van der Waals surface area contributed by atoms with E-state index in [4.69, 9.17) is 5.84 Å². The third kappa shape index (κ3) is 1.90. The number of hydrogen-bond donors (Lipinski definition) is 2. The van der Waals surface area contributed by atoms with Crippen molar-refractivity contribution in [2.75, 3.05) is 0 Å².